The van der Waals surface area contributed by atoms with Crippen LogP contribution in [0.25, 0.3) is 0 Å². The Bertz CT molecular complexity index is 947. The summed E-state index contributed by atoms with van der Waals surface area (Å²) in [4.78, 5) is 47.4. The Hall–Kier alpha value is -2.94. The van der Waals surface area contributed by atoms with Crippen LogP contribution < -0.4 is 10.6 Å². The number of rotatable bonds is 35. The average Bonchev–Trinajstić information content (AvgIpc) is 3.10. The number of amides is 2. The van der Waals surface area contributed by atoms with E-state index in [1.54, 1.807) is 0 Å². The van der Waals surface area contributed by atoms with Crippen molar-refractivity contribution < 1.29 is 34.1 Å². The Morgan fingerprint density at radius 1 is 0.620 bits per heavy atom. The molecule has 0 rings (SSSR count). The van der Waals surface area contributed by atoms with E-state index in [0.29, 0.717) is 12.8 Å². The van der Waals surface area contributed by atoms with Gasteiger partial charge in [0.05, 0.1) is 13.2 Å². The highest BCUT2D eigenvalue weighted by Crippen LogP contribution is 2.15. The highest BCUT2D eigenvalue weighted by atomic mass is 16.5. The lowest BCUT2D eigenvalue weighted by Crippen LogP contribution is -2.47. The monoisotopic (exact) mass is 705 g/mol. The van der Waals surface area contributed by atoms with E-state index in [-0.39, 0.29) is 30.9 Å². The van der Waals surface area contributed by atoms with Crippen molar-refractivity contribution >= 4 is 23.8 Å². The summed E-state index contributed by atoms with van der Waals surface area (Å²) in [6.45, 7) is 3.40. The summed E-state index contributed by atoms with van der Waals surface area (Å²) in [5, 5.41) is 22.5. The van der Waals surface area contributed by atoms with Gasteiger partial charge in [0.2, 0.25) is 11.8 Å². The van der Waals surface area contributed by atoms with Crippen LogP contribution in [-0.2, 0) is 23.9 Å². The minimum Gasteiger partial charge on any atom is -0.480 e. The van der Waals surface area contributed by atoms with Crippen molar-refractivity contribution in [1.29, 1.82) is 0 Å². The number of allylic oxidation sites excluding steroid dienone is 5. The number of aliphatic hydroxyl groups is 1. The number of nitrogens with one attached hydrogen (secondary N) is 2. The van der Waals surface area contributed by atoms with Gasteiger partial charge in [0.25, 0.3) is 0 Å². The van der Waals surface area contributed by atoms with Crippen molar-refractivity contribution in [3.05, 3.63) is 36.5 Å². The highest BCUT2D eigenvalue weighted by Gasteiger charge is 2.18. The second-order valence-corrected chi connectivity index (χ2v) is 13.4. The van der Waals surface area contributed by atoms with Gasteiger partial charge in [0, 0.05) is 12.8 Å². The molecule has 9 nitrogen and oxygen atoms in total. The number of carbonyl (C=O) groups excluding carboxylic acids is 3. The fraction of sp³-hybridized carbons (Fsp3) is 0.756. The summed E-state index contributed by atoms with van der Waals surface area (Å²) in [5.41, 5.74) is 0. The zero-order valence-electron chi connectivity index (χ0n) is 31.6. The van der Waals surface area contributed by atoms with Crippen LogP contribution in [0.4, 0.5) is 0 Å². The lowest BCUT2D eigenvalue weighted by Gasteiger charge is -2.15. The van der Waals surface area contributed by atoms with E-state index in [4.69, 9.17) is 14.9 Å². The molecule has 0 spiro atoms. The summed E-state index contributed by atoms with van der Waals surface area (Å²) in [7, 11) is 0. The van der Waals surface area contributed by atoms with Crippen molar-refractivity contribution in [2.24, 2.45) is 0 Å². The first kappa shape index (κ1) is 47.1. The number of carboxylic acid groups (broad SMARTS) is 1. The highest BCUT2D eigenvalue weighted by molar-refractivity contribution is 5.87. The molecule has 0 saturated carbocycles. The van der Waals surface area contributed by atoms with Gasteiger partial charge in [-0.3, -0.25) is 14.4 Å². The van der Waals surface area contributed by atoms with Crippen molar-refractivity contribution in [3.8, 4) is 0 Å². The first-order valence-corrected chi connectivity index (χ1v) is 19.9. The van der Waals surface area contributed by atoms with E-state index in [2.05, 4.69) is 54.9 Å². The molecule has 0 aromatic heterocycles. The number of carboxylic acids is 1. The molecule has 9 heteroatoms. The SMILES string of the molecule is CCCCCC/C=C\C/C=C\C(CCCCCCC(=O)NCC(=O)NC(CO)C(=O)O)OC(=O)CCCCCCC/C=C\CCCCCCC. The quantitative estimate of drug-likeness (QED) is 0.0293. The minimum absolute atomic E-state index is 0.137. The van der Waals surface area contributed by atoms with Crippen LogP contribution in [0.2, 0.25) is 0 Å². The first-order valence-electron chi connectivity index (χ1n) is 19.9. The summed E-state index contributed by atoms with van der Waals surface area (Å²) in [6, 6.07) is -1.39. The molecule has 4 N–H and O–H groups in total. The molecule has 0 radical (unpaired) electrons. The van der Waals surface area contributed by atoms with E-state index >= 15 is 0 Å². The Balaban J connectivity index is 4.38. The van der Waals surface area contributed by atoms with E-state index in [1.165, 1.54) is 77.0 Å². The molecule has 0 aromatic rings. The number of aliphatic hydroxyl groups excluding tert-OH is 1. The number of ether oxygens (including phenoxy) is 1. The van der Waals surface area contributed by atoms with Gasteiger partial charge in [-0.2, -0.15) is 0 Å². The maximum atomic E-state index is 12.7. The molecule has 2 atom stereocenters. The molecule has 0 aromatic carbocycles. The van der Waals surface area contributed by atoms with Gasteiger partial charge in [-0.25, -0.2) is 4.79 Å². The molecule has 0 saturated heterocycles. The van der Waals surface area contributed by atoms with Crippen molar-refractivity contribution in [2.45, 2.75) is 187 Å². The van der Waals surface area contributed by atoms with Crippen molar-refractivity contribution in [3.63, 3.8) is 0 Å². The predicted octanol–water partition coefficient (Wildman–Crippen LogP) is 9.04. The standard InChI is InChI=1S/C41H72N2O7/c1-3-5-7-9-11-13-14-15-16-17-19-21-23-29-33-40(47)50-36(30-26-22-20-18-12-10-8-6-4-2)31-27-24-25-28-32-38(45)42-34-39(46)43-37(35-44)41(48)49/h14-15,18,20,26,30,36-37,44H,3-13,16-17,19,21-25,27-29,31-35H2,1-2H3,(H,42,45)(H,43,46)(H,48,49)/b15-14-,20-18-,30-26-. The zero-order chi connectivity index (χ0) is 36.9. The second kappa shape index (κ2) is 35.9. The normalized spacial score (nSPS) is 12.9. The number of hydrogen-bond acceptors (Lipinski definition) is 6. The topological polar surface area (TPSA) is 142 Å². The Morgan fingerprint density at radius 3 is 1.74 bits per heavy atom. The van der Waals surface area contributed by atoms with Gasteiger partial charge in [-0.15, -0.1) is 0 Å². The number of hydrogen-bond donors (Lipinski definition) is 4. The fourth-order valence-electron chi connectivity index (χ4n) is 5.48. The number of unbranched alkanes of at least 4 members (excludes halogenated alkanes) is 17. The van der Waals surface area contributed by atoms with Crippen LogP contribution in [0.15, 0.2) is 36.5 Å². The number of esters is 1. The van der Waals surface area contributed by atoms with Crippen molar-refractivity contribution in [2.75, 3.05) is 13.2 Å². The second-order valence-electron chi connectivity index (χ2n) is 13.4. The van der Waals surface area contributed by atoms with Gasteiger partial charge in [0.15, 0.2) is 0 Å². The van der Waals surface area contributed by atoms with Gasteiger partial charge < -0.3 is 25.6 Å². The van der Waals surface area contributed by atoms with Crippen LogP contribution >= 0.6 is 0 Å². The molecule has 50 heavy (non-hydrogen) atoms. The van der Waals surface area contributed by atoms with Gasteiger partial charge >= 0.3 is 11.9 Å². The molecule has 0 aliphatic rings. The summed E-state index contributed by atoms with van der Waals surface area (Å²) < 4.78 is 5.87. The third kappa shape index (κ3) is 32.3. The largest absolute Gasteiger partial charge is 0.480 e. The predicted molar refractivity (Wildman–Crippen MR) is 204 cm³/mol. The summed E-state index contributed by atoms with van der Waals surface area (Å²) >= 11 is 0. The third-order valence-corrected chi connectivity index (χ3v) is 8.59. The maximum Gasteiger partial charge on any atom is 0.328 e. The molecule has 2 unspecified atom stereocenters. The van der Waals surface area contributed by atoms with E-state index in [1.807, 2.05) is 6.08 Å². The van der Waals surface area contributed by atoms with Gasteiger partial charge in [0.1, 0.15) is 12.1 Å². The lowest BCUT2D eigenvalue weighted by atomic mass is 10.1. The molecule has 0 aliphatic carbocycles. The molecule has 0 fully saturated rings. The first-order chi connectivity index (χ1) is 24.3. The molecule has 0 bridgehead atoms. The third-order valence-electron chi connectivity index (χ3n) is 8.59. The average molecular weight is 705 g/mol. The number of carbonyl (C=O) groups is 4. The van der Waals surface area contributed by atoms with E-state index in [9.17, 15) is 19.2 Å². The molecule has 288 valence electrons. The Kier molecular flexibility index (Phi) is 33.8. The van der Waals surface area contributed by atoms with E-state index < -0.39 is 24.5 Å². The maximum absolute atomic E-state index is 12.7. The minimum atomic E-state index is -1.39. The van der Waals surface area contributed by atoms with Crippen LogP contribution in [0, 0.1) is 0 Å². The molecule has 0 heterocycles. The molecular weight excluding hydrogens is 632 g/mol. The van der Waals surface area contributed by atoms with Gasteiger partial charge in [-0.1, -0.05) is 121 Å². The van der Waals surface area contributed by atoms with Crippen LogP contribution in [0.5, 0.6) is 0 Å². The summed E-state index contributed by atoms with van der Waals surface area (Å²) in [5.74, 6) is -2.43. The zero-order valence-corrected chi connectivity index (χ0v) is 31.6. The van der Waals surface area contributed by atoms with Crippen LogP contribution in [0.3, 0.4) is 0 Å². The molecule has 0 aliphatic heterocycles. The number of aliphatic carboxylic acids is 1. The van der Waals surface area contributed by atoms with Crippen molar-refractivity contribution in [1.82, 2.24) is 10.6 Å². The fourth-order valence-corrected chi connectivity index (χ4v) is 5.48. The Morgan fingerprint density at radius 2 is 1.14 bits per heavy atom. The van der Waals surface area contributed by atoms with Gasteiger partial charge in [-0.05, 0) is 76.7 Å². The molecular formula is C41H72N2O7. The van der Waals surface area contributed by atoms with Crippen LogP contribution in [-0.4, -0.2) is 59.3 Å². The lowest BCUT2D eigenvalue weighted by molar-refractivity contribution is -0.147. The molecule has 2 amide bonds. The summed E-state index contributed by atoms with van der Waals surface area (Å²) in [6.07, 6.45) is 39.0. The van der Waals surface area contributed by atoms with E-state index in [0.717, 1.165) is 64.2 Å². The van der Waals surface area contributed by atoms with Crippen LogP contribution in [0.1, 0.15) is 174 Å². The Labute approximate surface area is 304 Å². The smallest absolute Gasteiger partial charge is 0.328 e.